The van der Waals surface area contributed by atoms with E-state index in [0.717, 1.165) is 24.2 Å². The van der Waals surface area contributed by atoms with Gasteiger partial charge in [0, 0.05) is 6.42 Å². The zero-order valence-electron chi connectivity index (χ0n) is 14.0. The fourth-order valence-corrected chi connectivity index (χ4v) is 2.39. The molecule has 22 heavy (non-hydrogen) atoms. The van der Waals surface area contributed by atoms with E-state index in [1.54, 1.807) is 6.92 Å². The minimum atomic E-state index is -1.08. The average molecular weight is 310 g/mol. The van der Waals surface area contributed by atoms with Gasteiger partial charge in [0.2, 0.25) is 5.91 Å². The lowest BCUT2D eigenvalue weighted by molar-refractivity contribution is -0.145. The minimum absolute atomic E-state index is 0.237. The maximum absolute atomic E-state index is 12.0. The maximum Gasteiger partial charge on any atom is 0.323 e. The van der Waals surface area contributed by atoms with Gasteiger partial charge < -0.3 is 10.0 Å². The zero-order valence-corrected chi connectivity index (χ0v) is 14.0. The number of unbranched alkanes of at least 4 members (excludes halogenated alkanes) is 8. The van der Waals surface area contributed by atoms with Crippen LogP contribution in [0.25, 0.3) is 0 Å². The molecule has 0 spiro atoms. The van der Waals surface area contributed by atoms with Crippen LogP contribution in [0.15, 0.2) is 0 Å². The lowest BCUT2D eigenvalue weighted by atomic mass is 10.1. The molecule has 0 aliphatic rings. The second-order valence-corrected chi connectivity index (χ2v) is 5.80. The zero-order chi connectivity index (χ0) is 16.8. The number of carbonyl (C=O) groups is 2. The van der Waals surface area contributed by atoms with Crippen molar-refractivity contribution in [3.63, 3.8) is 0 Å². The van der Waals surface area contributed by atoms with Crippen LogP contribution < -0.4 is 0 Å². The molecule has 0 saturated carbocycles. The van der Waals surface area contributed by atoms with E-state index in [1.165, 1.54) is 38.5 Å². The first-order chi connectivity index (χ1) is 10.5. The molecule has 1 atom stereocenters. The first-order valence-corrected chi connectivity index (χ1v) is 8.43. The third-order valence-corrected chi connectivity index (χ3v) is 3.77. The number of hydrogen-bond donors (Lipinski definition) is 1. The highest BCUT2D eigenvalue weighted by molar-refractivity contribution is 5.81. The summed E-state index contributed by atoms with van der Waals surface area (Å²) in [6.45, 7) is 3.36. The molecule has 1 amide bonds. The van der Waals surface area contributed by atoms with E-state index in [4.69, 9.17) is 10.4 Å². The Morgan fingerprint density at radius 3 is 2.00 bits per heavy atom. The maximum atomic E-state index is 12.0. The molecule has 0 aliphatic heterocycles. The van der Waals surface area contributed by atoms with Gasteiger partial charge in [-0.15, -0.1) is 0 Å². The van der Waals surface area contributed by atoms with Gasteiger partial charge in [-0.3, -0.25) is 9.59 Å². The van der Waals surface area contributed by atoms with Crippen LogP contribution in [0.4, 0.5) is 0 Å². The van der Waals surface area contributed by atoms with E-state index in [-0.39, 0.29) is 5.91 Å². The lowest BCUT2D eigenvalue weighted by Gasteiger charge is -2.22. The number of amides is 1. The summed E-state index contributed by atoms with van der Waals surface area (Å²) in [7, 11) is 0. The molecule has 0 aliphatic carbocycles. The molecule has 0 radical (unpaired) electrons. The highest BCUT2D eigenvalue weighted by atomic mass is 16.4. The number of carboxylic acids is 1. The van der Waals surface area contributed by atoms with Crippen molar-refractivity contribution >= 4 is 11.9 Å². The predicted molar refractivity (Wildman–Crippen MR) is 86.3 cm³/mol. The molecule has 0 aromatic rings. The van der Waals surface area contributed by atoms with Crippen LogP contribution in [0.2, 0.25) is 0 Å². The van der Waals surface area contributed by atoms with Gasteiger partial charge in [-0.1, -0.05) is 58.3 Å². The average Bonchev–Trinajstić information content (AvgIpc) is 2.49. The van der Waals surface area contributed by atoms with E-state index < -0.39 is 18.6 Å². The van der Waals surface area contributed by atoms with E-state index in [1.807, 2.05) is 6.07 Å². The largest absolute Gasteiger partial charge is 0.480 e. The van der Waals surface area contributed by atoms with Gasteiger partial charge >= 0.3 is 5.97 Å². The Kier molecular flexibility index (Phi) is 12.2. The normalized spacial score (nSPS) is 11.7. The Morgan fingerprint density at radius 2 is 1.55 bits per heavy atom. The smallest absolute Gasteiger partial charge is 0.323 e. The van der Waals surface area contributed by atoms with Crippen molar-refractivity contribution in [2.75, 3.05) is 6.54 Å². The second-order valence-electron chi connectivity index (χ2n) is 5.80. The number of carbonyl (C=O) groups excluding carboxylic acids is 1. The fourth-order valence-electron chi connectivity index (χ4n) is 2.39. The fraction of sp³-hybridized carbons (Fsp3) is 0.824. The minimum Gasteiger partial charge on any atom is -0.480 e. The number of rotatable bonds is 13. The molecule has 126 valence electrons. The molecule has 0 aromatic heterocycles. The lowest BCUT2D eigenvalue weighted by Crippen LogP contribution is -2.41. The molecule has 0 fully saturated rings. The van der Waals surface area contributed by atoms with Crippen molar-refractivity contribution in [2.24, 2.45) is 0 Å². The monoisotopic (exact) mass is 310 g/mol. The van der Waals surface area contributed by atoms with Crippen molar-refractivity contribution < 1.29 is 14.7 Å². The molecule has 0 saturated heterocycles. The van der Waals surface area contributed by atoms with Crippen LogP contribution in [0, 0.1) is 11.3 Å². The van der Waals surface area contributed by atoms with E-state index >= 15 is 0 Å². The summed E-state index contributed by atoms with van der Waals surface area (Å²) < 4.78 is 0. The molecule has 0 rings (SSSR count). The van der Waals surface area contributed by atoms with Crippen LogP contribution in [0.3, 0.4) is 0 Å². The van der Waals surface area contributed by atoms with Gasteiger partial charge in [-0.05, 0) is 13.3 Å². The first-order valence-electron chi connectivity index (χ1n) is 8.43. The summed E-state index contributed by atoms with van der Waals surface area (Å²) in [6, 6.07) is 1.24. The Morgan fingerprint density at radius 1 is 1.05 bits per heavy atom. The van der Waals surface area contributed by atoms with Crippen molar-refractivity contribution in [1.29, 1.82) is 5.26 Å². The van der Waals surface area contributed by atoms with Crippen LogP contribution in [-0.4, -0.2) is 34.5 Å². The molecule has 0 aromatic carbocycles. The topological polar surface area (TPSA) is 81.4 Å². The molecular weight excluding hydrogens is 280 g/mol. The highest BCUT2D eigenvalue weighted by Crippen LogP contribution is 2.12. The Labute approximate surface area is 134 Å². The summed E-state index contributed by atoms with van der Waals surface area (Å²) >= 11 is 0. The van der Waals surface area contributed by atoms with E-state index in [9.17, 15) is 9.59 Å². The first kappa shape index (κ1) is 20.4. The highest BCUT2D eigenvalue weighted by Gasteiger charge is 2.21. The SMILES string of the molecule is CCCCCCCCCCCC(=O)N(CC(=O)O)C(C)C#N. The van der Waals surface area contributed by atoms with Crippen LogP contribution >= 0.6 is 0 Å². The van der Waals surface area contributed by atoms with Gasteiger partial charge in [-0.2, -0.15) is 5.26 Å². The van der Waals surface area contributed by atoms with E-state index in [2.05, 4.69) is 6.92 Å². The molecular formula is C17H30N2O3. The Balaban J connectivity index is 3.81. The summed E-state index contributed by atoms with van der Waals surface area (Å²) in [5.74, 6) is -1.32. The number of aliphatic carboxylic acids is 1. The molecule has 0 bridgehead atoms. The third-order valence-electron chi connectivity index (χ3n) is 3.77. The standard InChI is InChI=1S/C17H30N2O3/c1-3-4-5-6-7-8-9-10-11-12-16(20)19(14-17(21)22)15(2)13-18/h15H,3-12,14H2,1-2H3,(H,21,22). The number of carboxylic acid groups (broad SMARTS) is 1. The van der Waals surface area contributed by atoms with Crippen LogP contribution in [0.5, 0.6) is 0 Å². The van der Waals surface area contributed by atoms with Crippen molar-refractivity contribution in [2.45, 2.75) is 84.1 Å². The van der Waals surface area contributed by atoms with Gasteiger partial charge in [0.25, 0.3) is 0 Å². The van der Waals surface area contributed by atoms with Crippen molar-refractivity contribution in [3.05, 3.63) is 0 Å². The summed E-state index contributed by atoms with van der Waals surface area (Å²) in [4.78, 5) is 23.9. The van der Waals surface area contributed by atoms with Crippen molar-refractivity contribution in [1.82, 2.24) is 4.90 Å². The molecule has 0 heterocycles. The Hall–Kier alpha value is -1.57. The summed E-state index contributed by atoms with van der Waals surface area (Å²) in [6.07, 6.45) is 10.8. The number of nitriles is 1. The molecule has 1 N–H and O–H groups in total. The molecule has 5 nitrogen and oxygen atoms in total. The number of hydrogen-bond acceptors (Lipinski definition) is 3. The quantitative estimate of drug-likeness (QED) is 0.525. The van der Waals surface area contributed by atoms with Gasteiger partial charge in [0.05, 0.1) is 6.07 Å². The Bertz CT molecular complexity index is 363. The van der Waals surface area contributed by atoms with Crippen LogP contribution in [0.1, 0.15) is 78.1 Å². The molecule has 1 unspecified atom stereocenters. The predicted octanol–water partition coefficient (Wildman–Crippen LogP) is 3.73. The van der Waals surface area contributed by atoms with Crippen LogP contribution in [-0.2, 0) is 9.59 Å². The third kappa shape index (κ3) is 10.2. The van der Waals surface area contributed by atoms with Crippen molar-refractivity contribution in [3.8, 4) is 6.07 Å². The van der Waals surface area contributed by atoms with E-state index in [0.29, 0.717) is 6.42 Å². The van der Waals surface area contributed by atoms with Gasteiger partial charge in [0.15, 0.2) is 0 Å². The number of nitrogens with zero attached hydrogens (tertiary/aromatic N) is 2. The van der Waals surface area contributed by atoms with Gasteiger partial charge in [0.1, 0.15) is 12.6 Å². The van der Waals surface area contributed by atoms with Gasteiger partial charge in [-0.25, -0.2) is 0 Å². The second kappa shape index (κ2) is 13.1. The molecule has 5 heteroatoms. The summed E-state index contributed by atoms with van der Waals surface area (Å²) in [5.41, 5.74) is 0. The summed E-state index contributed by atoms with van der Waals surface area (Å²) in [5, 5.41) is 17.7.